The molecule has 0 atom stereocenters. The highest BCUT2D eigenvalue weighted by molar-refractivity contribution is 7.15. The molecule has 3 heterocycles. The Bertz CT molecular complexity index is 1540. The van der Waals surface area contributed by atoms with Gasteiger partial charge in [-0.3, -0.25) is 14.0 Å². The van der Waals surface area contributed by atoms with Gasteiger partial charge >= 0.3 is 0 Å². The van der Waals surface area contributed by atoms with Crippen LogP contribution in [0, 0.1) is 0 Å². The molecule has 7 nitrogen and oxygen atoms in total. The summed E-state index contributed by atoms with van der Waals surface area (Å²) in [4.78, 5) is 32.6. The Balaban J connectivity index is 1.46. The first-order valence-corrected chi connectivity index (χ1v) is 12.2. The first-order valence-electron chi connectivity index (χ1n) is 11.0. The minimum absolute atomic E-state index is 0.121. The number of ether oxygens (including phenoxy) is 1. The summed E-state index contributed by atoms with van der Waals surface area (Å²) in [6, 6.07) is 10.2. The van der Waals surface area contributed by atoms with Crippen LogP contribution in [0.15, 0.2) is 47.4 Å². The number of imidazole rings is 1. The molecule has 2 aromatic carbocycles. The van der Waals surface area contributed by atoms with Crippen LogP contribution in [0.2, 0.25) is 5.02 Å². The van der Waals surface area contributed by atoms with Gasteiger partial charge in [-0.25, -0.2) is 9.37 Å². The van der Waals surface area contributed by atoms with Crippen LogP contribution in [0.5, 0.6) is 11.5 Å². The van der Waals surface area contributed by atoms with Crippen molar-refractivity contribution in [3.63, 3.8) is 0 Å². The lowest BCUT2D eigenvalue weighted by atomic mass is 10.0. The van der Waals surface area contributed by atoms with Crippen molar-refractivity contribution in [1.29, 1.82) is 0 Å². The molecule has 0 spiro atoms. The molecule has 180 valence electrons. The normalized spacial score (nSPS) is 15.2. The zero-order valence-electron chi connectivity index (χ0n) is 18.7. The van der Waals surface area contributed by atoms with Crippen LogP contribution >= 0.6 is 22.9 Å². The van der Waals surface area contributed by atoms with Gasteiger partial charge < -0.3 is 14.7 Å². The zero-order chi connectivity index (χ0) is 24.7. The fourth-order valence-electron chi connectivity index (χ4n) is 4.10. The Kier molecular flexibility index (Phi) is 6.21. The number of carbonyl (C=O) groups is 1. The molecule has 0 saturated carbocycles. The monoisotopic (exact) mass is 513 g/mol. The number of carbonyl (C=O) groups excluding carboxylic acids is 1. The van der Waals surface area contributed by atoms with Crippen molar-refractivity contribution in [2.75, 3.05) is 20.2 Å². The number of rotatable bonds is 4. The van der Waals surface area contributed by atoms with Crippen molar-refractivity contribution in [1.82, 2.24) is 14.3 Å². The van der Waals surface area contributed by atoms with Gasteiger partial charge in [-0.1, -0.05) is 35.1 Å². The third kappa shape index (κ3) is 4.49. The summed E-state index contributed by atoms with van der Waals surface area (Å²) < 4.78 is 20.5. The number of amides is 1. The number of aromatic nitrogens is 2. The molecule has 1 N–H and O–H groups in total. The number of fused-ring (bicyclic) bond motifs is 1. The van der Waals surface area contributed by atoms with Gasteiger partial charge in [0.05, 0.1) is 22.4 Å². The number of piperidine rings is 1. The number of hydrogen-bond acceptors (Lipinski definition) is 6. The fourth-order valence-corrected chi connectivity index (χ4v) is 5.28. The van der Waals surface area contributed by atoms with E-state index in [1.54, 1.807) is 47.5 Å². The second kappa shape index (κ2) is 9.31. The van der Waals surface area contributed by atoms with Crippen molar-refractivity contribution >= 4 is 39.9 Å². The minimum Gasteiger partial charge on any atom is -0.503 e. The number of phenols is 1. The Morgan fingerprint density at radius 3 is 2.77 bits per heavy atom. The van der Waals surface area contributed by atoms with Gasteiger partial charge in [-0.2, -0.15) is 0 Å². The van der Waals surface area contributed by atoms with E-state index in [1.165, 1.54) is 22.8 Å². The van der Waals surface area contributed by atoms with Crippen LogP contribution in [0.25, 0.3) is 22.3 Å². The van der Waals surface area contributed by atoms with Gasteiger partial charge in [0.2, 0.25) is 0 Å². The molecule has 0 aliphatic carbocycles. The van der Waals surface area contributed by atoms with Crippen molar-refractivity contribution < 1.29 is 19.0 Å². The summed E-state index contributed by atoms with van der Waals surface area (Å²) in [6.07, 6.45) is 3.18. The van der Waals surface area contributed by atoms with Crippen LogP contribution in [-0.2, 0) is 0 Å². The largest absolute Gasteiger partial charge is 0.503 e. The van der Waals surface area contributed by atoms with E-state index in [4.69, 9.17) is 16.3 Å². The Morgan fingerprint density at radius 1 is 1.29 bits per heavy atom. The number of nitrogens with zero attached hydrogens (tertiary/aromatic N) is 3. The van der Waals surface area contributed by atoms with Gasteiger partial charge in [0.25, 0.3) is 11.5 Å². The maximum absolute atomic E-state index is 13.4. The predicted octanol–water partition coefficient (Wildman–Crippen LogP) is 3.91. The first kappa shape index (κ1) is 23.3. The lowest BCUT2D eigenvalue weighted by Gasteiger charge is -2.28. The average molecular weight is 514 g/mol. The minimum atomic E-state index is -0.847. The molecule has 0 bridgehead atoms. The van der Waals surface area contributed by atoms with E-state index in [1.807, 2.05) is 6.07 Å². The van der Waals surface area contributed by atoms with Gasteiger partial charge in [0.1, 0.15) is 6.17 Å². The molecule has 1 aliphatic rings. The SMILES string of the molecule is COc1cc(C=c2sc3nc(-c4cccc(C(=O)N5CCC(F)CC5)c4)cn3c2=O)cc(Cl)c1O. The third-order valence-corrected chi connectivity index (χ3v) is 7.26. The van der Waals surface area contributed by atoms with Crippen LogP contribution in [0.1, 0.15) is 28.8 Å². The summed E-state index contributed by atoms with van der Waals surface area (Å²) in [5.41, 5.74) is 2.16. The van der Waals surface area contributed by atoms with E-state index in [0.29, 0.717) is 57.8 Å². The Hall–Kier alpha value is -3.43. The number of aromatic hydroxyl groups is 1. The van der Waals surface area contributed by atoms with Crippen LogP contribution in [0.3, 0.4) is 0 Å². The number of halogens is 2. The molecule has 10 heteroatoms. The second-order valence-electron chi connectivity index (χ2n) is 8.30. The van der Waals surface area contributed by atoms with Crippen molar-refractivity contribution in [3.05, 3.63) is 73.6 Å². The topological polar surface area (TPSA) is 84.1 Å². The first-order chi connectivity index (χ1) is 16.8. The molecule has 1 fully saturated rings. The average Bonchev–Trinajstić information content (AvgIpc) is 3.40. The molecule has 4 aromatic rings. The lowest BCUT2D eigenvalue weighted by Crippen LogP contribution is -2.39. The van der Waals surface area contributed by atoms with E-state index >= 15 is 0 Å². The number of phenolic OH excluding ortho intramolecular Hbond substituents is 1. The van der Waals surface area contributed by atoms with Gasteiger partial charge in [0.15, 0.2) is 16.5 Å². The number of methoxy groups -OCH3 is 1. The van der Waals surface area contributed by atoms with Gasteiger partial charge in [-0.15, -0.1) is 0 Å². The molecule has 0 radical (unpaired) electrons. The quantitative estimate of drug-likeness (QED) is 0.447. The smallest absolute Gasteiger partial charge is 0.274 e. The predicted molar refractivity (Wildman–Crippen MR) is 133 cm³/mol. The second-order valence-corrected chi connectivity index (χ2v) is 9.71. The van der Waals surface area contributed by atoms with Crippen LogP contribution in [-0.4, -0.2) is 51.7 Å². The molecular formula is C25H21ClFN3O4S. The van der Waals surface area contributed by atoms with Gasteiger partial charge in [0, 0.05) is 30.4 Å². The van der Waals surface area contributed by atoms with Crippen LogP contribution in [0.4, 0.5) is 4.39 Å². The molecule has 2 aromatic heterocycles. The van der Waals surface area contributed by atoms with Crippen molar-refractivity contribution in [3.8, 4) is 22.8 Å². The fraction of sp³-hybridized carbons (Fsp3) is 0.240. The third-order valence-electron chi connectivity index (χ3n) is 5.99. The summed E-state index contributed by atoms with van der Waals surface area (Å²) >= 11 is 7.27. The van der Waals surface area contributed by atoms with Gasteiger partial charge in [-0.05, 0) is 48.7 Å². The maximum Gasteiger partial charge on any atom is 0.274 e. The molecular weight excluding hydrogens is 493 g/mol. The van der Waals surface area contributed by atoms with E-state index in [0.717, 1.165) is 0 Å². The zero-order valence-corrected chi connectivity index (χ0v) is 20.3. The molecule has 1 amide bonds. The molecule has 0 unspecified atom stereocenters. The summed E-state index contributed by atoms with van der Waals surface area (Å²) in [7, 11) is 1.42. The van der Waals surface area contributed by atoms with E-state index in [-0.39, 0.29) is 28.0 Å². The van der Waals surface area contributed by atoms with Crippen molar-refractivity contribution in [2.45, 2.75) is 19.0 Å². The number of hydrogen-bond donors (Lipinski definition) is 1. The lowest BCUT2D eigenvalue weighted by molar-refractivity contribution is 0.0667. The Labute approximate surface area is 208 Å². The summed E-state index contributed by atoms with van der Waals surface area (Å²) in [5, 5.41) is 10.0. The van der Waals surface area contributed by atoms with E-state index in [2.05, 4.69) is 4.98 Å². The highest BCUT2D eigenvalue weighted by Crippen LogP contribution is 2.35. The molecule has 5 rings (SSSR count). The standard InChI is InChI=1S/C25H21ClFN3O4S/c1-34-20-10-14(9-18(26)22(20)31)11-21-24(33)30-13-19(28-25(30)35-21)15-3-2-4-16(12-15)23(32)29-7-5-17(27)6-8-29/h2-4,9-13,17,31H,5-8H2,1H3. The Morgan fingerprint density at radius 2 is 2.06 bits per heavy atom. The number of benzene rings is 2. The number of likely N-dealkylation sites (tertiary alicyclic amines) is 1. The van der Waals surface area contributed by atoms with E-state index < -0.39 is 6.17 Å². The van der Waals surface area contributed by atoms with Crippen LogP contribution < -0.4 is 14.8 Å². The molecule has 1 aliphatic heterocycles. The van der Waals surface area contributed by atoms with E-state index in [9.17, 15) is 19.1 Å². The number of alkyl halides is 1. The molecule has 35 heavy (non-hydrogen) atoms. The highest BCUT2D eigenvalue weighted by Gasteiger charge is 2.23. The maximum atomic E-state index is 13.4. The van der Waals surface area contributed by atoms with Crippen molar-refractivity contribution in [2.24, 2.45) is 0 Å². The number of thiazole rings is 1. The summed E-state index contributed by atoms with van der Waals surface area (Å²) in [5.74, 6) is -0.0839. The highest BCUT2D eigenvalue weighted by atomic mass is 35.5. The molecule has 1 saturated heterocycles. The summed E-state index contributed by atoms with van der Waals surface area (Å²) in [6.45, 7) is 0.808.